The quantitative estimate of drug-likeness (QED) is 0.788. The Morgan fingerprint density at radius 1 is 0.960 bits per heavy atom. The van der Waals surface area contributed by atoms with Gasteiger partial charge in [0.15, 0.2) is 0 Å². The predicted molar refractivity (Wildman–Crippen MR) is 96.1 cm³/mol. The van der Waals surface area contributed by atoms with E-state index in [1.165, 1.54) is 0 Å². The average Bonchev–Trinajstić information content (AvgIpc) is 3.19. The van der Waals surface area contributed by atoms with Crippen LogP contribution in [0, 0.1) is 5.92 Å². The van der Waals surface area contributed by atoms with Crippen LogP contribution in [0.4, 0.5) is 5.95 Å². The molecular weight excluding hydrogens is 314 g/mol. The van der Waals surface area contributed by atoms with Crippen molar-refractivity contribution in [1.29, 1.82) is 0 Å². The van der Waals surface area contributed by atoms with E-state index in [-0.39, 0.29) is 5.92 Å². The van der Waals surface area contributed by atoms with E-state index >= 15 is 0 Å². The zero-order valence-corrected chi connectivity index (χ0v) is 14.0. The molecule has 0 aliphatic carbocycles. The van der Waals surface area contributed by atoms with Crippen molar-refractivity contribution in [2.45, 2.75) is 18.9 Å². The number of piperidine rings is 1. The Morgan fingerprint density at radius 2 is 1.60 bits per heavy atom. The van der Waals surface area contributed by atoms with Crippen molar-refractivity contribution in [3.05, 3.63) is 66.2 Å². The summed E-state index contributed by atoms with van der Waals surface area (Å²) in [5.41, 5.74) is 1.92. The summed E-state index contributed by atoms with van der Waals surface area (Å²) in [7, 11) is 0. The average molecular weight is 335 g/mol. The lowest BCUT2D eigenvalue weighted by Crippen LogP contribution is -2.36. The van der Waals surface area contributed by atoms with Gasteiger partial charge in [-0.2, -0.15) is 4.98 Å². The molecule has 2 aromatic carbocycles. The van der Waals surface area contributed by atoms with Gasteiger partial charge in [-0.15, -0.1) is 0 Å². The van der Waals surface area contributed by atoms with Crippen LogP contribution in [0.25, 0.3) is 11.5 Å². The largest absolute Gasteiger partial charge is 0.388 e. The molecular formula is C20H21N3O2. The molecule has 1 fully saturated rings. The normalized spacial score (nSPS) is 16.8. The second-order valence-electron chi connectivity index (χ2n) is 6.45. The van der Waals surface area contributed by atoms with Crippen molar-refractivity contribution in [1.82, 2.24) is 10.1 Å². The molecule has 1 N–H and O–H groups in total. The third-order valence-corrected chi connectivity index (χ3v) is 4.85. The van der Waals surface area contributed by atoms with Gasteiger partial charge in [-0.3, -0.25) is 0 Å². The molecule has 1 aliphatic rings. The van der Waals surface area contributed by atoms with Crippen LogP contribution in [-0.2, 0) is 0 Å². The minimum absolute atomic E-state index is 0.263. The van der Waals surface area contributed by atoms with E-state index < -0.39 is 6.10 Å². The van der Waals surface area contributed by atoms with Crippen LogP contribution in [0.2, 0.25) is 0 Å². The van der Waals surface area contributed by atoms with Crippen LogP contribution in [0.5, 0.6) is 0 Å². The van der Waals surface area contributed by atoms with Crippen molar-refractivity contribution < 1.29 is 9.63 Å². The molecule has 2 heterocycles. The highest BCUT2D eigenvalue weighted by atomic mass is 16.5. The maximum atomic E-state index is 10.6. The summed E-state index contributed by atoms with van der Waals surface area (Å²) in [6.45, 7) is 1.64. The molecule has 1 unspecified atom stereocenters. The molecule has 0 bridgehead atoms. The van der Waals surface area contributed by atoms with Crippen LogP contribution in [0.15, 0.2) is 65.2 Å². The minimum atomic E-state index is -0.409. The van der Waals surface area contributed by atoms with Gasteiger partial charge in [0, 0.05) is 18.7 Å². The van der Waals surface area contributed by atoms with Crippen molar-refractivity contribution in [2.24, 2.45) is 5.92 Å². The van der Waals surface area contributed by atoms with Gasteiger partial charge in [-0.25, -0.2) is 0 Å². The fraction of sp³-hybridized carbons (Fsp3) is 0.300. The fourth-order valence-corrected chi connectivity index (χ4v) is 3.38. The Balaban J connectivity index is 1.40. The third kappa shape index (κ3) is 3.42. The number of aliphatic hydroxyl groups is 1. The first-order valence-corrected chi connectivity index (χ1v) is 8.68. The second-order valence-corrected chi connectivity index (χ2v) is 6.45. The van der Waals surface area contributed by atoms with E-state index in [9.17, 15) is 5.11 Å². The smallest absolute Gasteiger partial charge is 0.266 e. The number of hydrogen-bond acceptors (Lipinski definition) is 5. The van der Waals surface area contributed by atoms with Gasteiger partial charge >= 0.3 is 0 Å². The zero-order valence-electron chi connectivity index (χ0n) is 14.0. The highest BCUT2D eigenvalue weighted by Gasteiger charge is 2.28. The van der Waals surface area contributed by atoms with Gasteiger partial charge in [-0.05, 0) is 41.6 Å². The molecule has 0 amide bonds. The number of aromatic nitrogens is 2. The second kappa shape index (κ2) is 7.07. The summed E-state index contributed by atoms with van der Waals surface area (Å²) in [5.74, 6) is 1.44. The minimum Gasteiger partial charge on any atom is -0.388 e. The summed E-state index contributed by atoms with van der Waals surface area (Å²) in [6, 6.07) is 19.7. The van der Waals surface area contributed by atoms with Crippen LogP contribution >= 0.6 is 0 Å². The van der Waals surface area contributed by atoms with E-state index in [0.29, 0.717) is 11.8 Å². The molecule has 0 radical (unpaired) electrons. The number of rotatable bonds is 4. The molecule has 128 valence electrons. The summed E-state index contributed by atoms with van der Waals surface area (Å²) < 4.78 is 5.40. The van der Waals surface area contributed by atoms with E-state index in [0.717, 1.165) is 37.1 Å². The summed E-state index contributed by atoms with van der Waals surface area (Å²) in [5, 5.41) is 14.7. The number of hydrogen-bond donors (Lipinski definition) is 1. The van der Waals surface area contributed by atoms with Crippen molar-refractivity contribution in [2.75, 3.05) is 18.0 Å². The molecule has 4 rings (SSSR count). The molecule has 3 aromatic rings. The van der Waals surface area contributed by atoms with Crippen molar-refractivity contribution >= 4 is 5.95 Å². The van der Waals surface area contributed by atoms with Crippen LogP contribution in [0.3, 0.4) is 0 Å². The molecule has 5 nitrogen and oxygen atoms in total. The molecule has 25 heavy (non-hydrogen) atoms. The molecule has 1 saturated heterocycles. The Bertz CT molecular complexity index is 796. The SMILES string of the molecule is OC(c1ccccc1)C1CCN(c2noc(-c3ccccc3)n2)CC1. The highest BCUT2D eigenvalue weighted by Crippen LogP contribution is 2.32. The third-order valence-electron chi connectivity index (χ3n) is 4.85. The molecule has 1 aliphatic heterocycles. The lowest BCUT2D eigenvalue weighted by molar-refractivity contribution is 0.0927. The first-order valence-electron chi connectivity index (χ1n) is 8.68. The Hall–Kier alpha value is -2.66. The molecule has 0 saturated carbocycles. The standard InChI is InChI=1S/C20H21N3O2/c24-18(15-7-3-1-4-8-15)16-11-13-23(14-12-16)20-21-19(25-22-20)17-9-5-2-6-10-17/h1-10,16,18,24H,11-14H2. The van der Waals surface area contributed by atoms with Gasteiger partial charge in [0.2, 0.25) is 0 Å². The van der Waals surface area contributed by atoms with Gasteiger partial charge in [0.1, 0.15) is 0 Å². The van der Waals surface area contributed by atoms with Crippen LogP contribution < -0.4 is 4.90 Å². The lowest BCUT2D eigenvalue weighted by Gasteiger charge is -2.33. The molecule has 0 spiro atoms. The monoisotopic (exact) mass is 335 g/mol. The Kier molecular flexibility index (Phi) is 4.48. The summed E-state index contributed by atoms with van der Waals surface area (Å²) in [6.07, 6.45) is 1.41. The number of aliphatic hydroxyl groups excluding tert-OH is 1. The van der Waals surface area contributed by atoms with Crippen molar-refractivity contribution in [3.8, 4) is 11.5 Å². The molecule has 5 heteroatoms. The first-order chi connectivity index (χ1) is 12.3. The number of anilines is 1. The fourth-order valence-electron chi connectivity index (χ4n) is 3.38. The Labute approximate surface area is 146 Å². The van der Waals surface area contributed by atoms with Gasteiger partial charge < -0.3 is 14.5 Å². The van der Waals surface area contributed by atoms with E-state index in [1.807, 2.05) is 60.7 Å². The molecule has 1 aromatic heterocycles. The van der Waals surface area contributed by atoms with Crippen molar-refractivity contribution in [3.63, 3.8) is 0 Å². The van der Waals surface area contributed by atoms with E-state index in [2.05, 4.69) is 15.0 Å². The topological polar surface area (TPSA) is 62.4 Å². The number of benzene rings is 2. The zero-order chi connectivity index (χ0) is 17.1. The maximum Gasteiger partial charge on any atom is 0.266 e. The van der Waals surface area contributed by atoms with Crippen LogP contribution in [0.1, 0.15) is 24.5 Å². The van der Waals surface area contributed by atoms with E-state index in [4.69, 9.17) is 4.52 Å². The summed E-state index contributed by atoms with van der Waals surface area (Å²) >= 11 is 0. The summed E-state index contributed by atoms with van der Waals surface area (Å²) in [4.78, 5) is 6.65. The predicted octanol–water partition coefficient (Wildman–Crippen LogP) is 3.69. The molecule has 1 atom stereocenters. The van der Waals surface area contributed by atoms with E-state index in [1.54, 1.807) is 0 Å². The highest BCUT2D eigenvalue weighted by molar-refractivity contribution is 5.54. The van der Waals surface area contributed by atoms with Crippen LogP contribution in [-0.4, -0.2) is 28.3 Å². The van der Waals surface area contributed by atoms with Gasteiger partial charge in [0.05, 0.1) is 6.10 Å². The van der Waals surface area contributed by atoms with Gasteiger partial charge in [-0.1, -0.05) is 48.5 Å². The Morgan fingerprint density at radius 3 is 2.28 bits per heavy atom. The lowest BCUT2D eigenvalue weighted by atomic mass is 9.87. The van der Waals surface area contributed by atoms with Gasteiger partial charge in [0.25, 0.3) is 11.8 Å². The maximum absolute atomic E-state index is 10.6. The first kappa shape index (κ1) is 15.8. The number of nitrogens with zero attached hydrogens (tertiary/aromatic N) is 3.